The molecule has 0 N–H and O–H groups in total. The topological polar surface area (TPSA) is 68.5 Å². The van der Waals surface area contributed by atoms with Crippen LogP contribution in [0.25, 0.3) is 11.4 Å². The fourth-order valence-corrected chi connectivity index (χ4v) is 3.49. The van der Waals surface area contributed by atoms with Crippen molar-refractivity contribution in [1.29, 1.82) is 0 Å². The van der Waals surface area contributed by atoms with Crippen molar-refractivity contribution in [2.75, 3.05) is 20.2 Å². The summed E-state index contributed by atoms with van der Waals surface area (Å²) in [6.07, 6.45) is 8.41. The van der Waals surface area contributed by atoms with Gasteiger partial charge in [0.1, 0.15) is 5.75 Å². The second-order valence-electron chi connectivity index (χ2n) is 6.99. The molecule has 1 aromatic heterocycles. The minimum absolute atomic E-state index is 0.00310. The van der Waals surface area contributed by atoms with Crippen molar-refractivity contribution in [3.8, 4) is 17.1 Å². The summed E-state index contributed by atoms with van der Waals surface area (Å²) < 4.78 is 10.5. The maximum atomic E-state index is 12.8. The van der Waals surface area contributed by atoms with E-state index in [0.29, 0.717) is 37.6 Å². The predicted molar refractivity (Wildman–Crippen MR) is 113 cm³/mol. The third kappa shape index (κ3) is 5.94. The van der Waals surface area contributed by atoms with E-state index in [1.807, 2.05) is 47.4 Å². The summed E-state index contributed by atoms with van der Waals surface area (Å²) in [5.41, 5.74) is 2.02. The average molecular weight is 416 g/mol. The van der Waals surface area contributed by atoms with Crippen LogP contribution in [-0.2, 0) is 11.2 Å². The van der Waals surface area contributed by atoms with Crippen LogP contribution in [0.2, 0.25) is 0 Å². The normalized spacial score (nSPS) is 15.8. The second kappa shape index (κ2) is 10.3. The molecule has 6 nitrogen and oxygen atoms in total. The maximum Gasteiger partial charge on any atom is 0.227 e. The van der Waals surface area contributed by atoms with E-state index >= 15 is 0 Å². The van der Waals surface area contributed by atoms with Gasteiger partial charge in [-0.15, -0.1) is 11.6 Å². The Hall–Kier alpha value is -2.60. The minimum Gasteiger partial charge on any atom is -0.497 e. The molecule has 154 valence electrons. The van der Waals surface area contributed by atoms with Gasteiger partial charge in [0, 0.05) is 31.5 Å². The van der Waals surface area contributed by atoms with Gasteiger partial charge in [0.15, 0.2) is 0 Å². The SMILES string of the molecule is CCCN(CC1=CC=CC(Cl)C1)C(=O)CCc1nc(-c2ccc(OC)cc2)no1. The van der Waals surface area contributed by atoms with Crippen LogP contribution < -0.4 is 4.74 Å². The molecule has 3 rings (SSSR count). The molecule has 0 bridgehead atoms. The molecule has 1 aromatic carbocycles. The first-order chi connectivity index (χ1) is 14.1. The summed E-state index contributed by atoms with van der Waals surface area (Å²) in [4.78, 5) is 19.0. The number of benzene rings is 1. The highest BCUT2D eigenvalue weighted by atomic mass is 35.5. The number of ether oxygens (including phenoxy) is 1. The number of hydrogen-bond acceptors (Lipinski definition) is 5. The average Bonchev–Trinajstić information content (AvgIpc) is 3.21. The zero-order valence-corrected chi connectivity index (χ0v) is 17.6. The number of methoxy groups -OCH3 is 1. The van der Waals surface area contributed by atoms with E-state index in [-0.39, 0.29) is 11.3 Å². The molecule has 0 spiro atoms. The fourth-order valence-electron chi connectivity index (χ4n) is 3.21. The zero-order chi connectivity index (χ0) is 20.6. The first-order valence-corrected chi connectivity index (χ1v) is 10.3. The molecule has 2 aromatic rings. The number of allylic oxidation sites excluding steroid dienone is 3. The van der Waals surface area contributed by atoms with Gasteiger partial charge in [0.25, 0.3) is 0 Å². The van der Waals surface area contributed by atoms with Crippen LogP contribution in [0.1, 0.15) is 32.1 Å². The highest BCUT2D eigenvalue weighted by molar-refractivity contribution is 6.22. The quantitative estimate of drug-likeness (QED) is 0.567. The fraction of sp³-hybridized carbons (Fsp3) is 0.409. The van der Waals surface area contributed by atoms with Crippen molar-refractivity contribution < 1.29 is 14.1 Å². The Kier molecular flexibility index (Phi) is 7.47. The van der Waals surface area contributed by atoms with Crippen LogP contribution in [0.3, 0.4) is 0 Å². The van der Waals surface area contributed by atoms with Crippen LogP contribution >= 0.6 is 11.6 Å². The molecule has 1 heterocycles. The van der Waals surface area contributed by atoms with Gasteiger partial charge in [-0.1, -0.05) is 30.3 Å². The largest absolute Gasteiger partial charge is 0.497 e. The highest BCUT2D eigenvalue weighted by Crippen LogP contribution is 2.21. The third-order valence-electron chi connectivity index (χ3n) is 4.72. The van der Waals surface area contributed by atoms with E-state index < -0.39 is 0 Å². The second-order valence-corrected chi connectivity index (χ2v) is 7.55. The lowest BCUT2D eigenvalue weighted by Gasteiger charge is -2.25. The van der Waals surface area contributed by atoms with Crippen molar-refractivity contribution in [2.24, 2.45) is 0 Å². The van der Waals surface area contributed by atoms with E-state index in [1.165, 1.54) is 5.57 Å². The molecule has 0 radical (unpaired) electrons. The number of halogens is 1. The Labute approximate surface area is 176 Å². The zero-order valence-electron chi connectivity index (χ0n) is 16.8. The molecule has 1 amide bonds. The molecular formula is C22H26ClN3O3. The molecule has 0 saturated heterocycles. The molecule has 0 fully saturated rings. The van der Waals surface area contributed by atoms with Gasteiger partial charge < -0.3 is 14.2 Å². The first kappa shape index (κ1) is 21.1. The standard InChI is InChI=1S/C22H26ClN3O3/c1-3-13-26(15-16-5-4-6-18(23)14-16)21(27)12-11-20-24-22(25-29-20)17-7-9-19(28-2)10-8-17/h4-10,18H,3,11-15H2,1-2H3. The number of carbonyl (C=O) groups is 1. The molecule has 7 heteroatoms. The Morgan fingerprint density at radius 2 is 2.14 bits per heavy atom. The Balaban J connectivity index is 1.57. The highest BCUT2D eigenvalue weighted by Gasteiger charge is 2.18. The van der Waals surface area contributed by atoms with Gasteiger partial charge in [-0.05, 0) is 42.7 Å². The van der Waals surface area contributed by atoms with Gasteiger partial charge in [-0.25, -0.2) is 0 Å². The lowest BCUT2D eigenvalue weighted by Crippen LogP contribution is -2.34. The van der Waals surface area contributed by atoms with Crippen LogP contribution in [0, 0.1) is 0 Å². The maximum absolute atomic E-state index is 12.8. The number of alkyl halides is 1. The third-order valence-corrected chi connectivity index (χ3v) is 5.02. The van der Waals surface area contributed by atoms with Crippen LogP contribution in [0.5, 0.6) is 5.75 Å². The summed E-state index contributed by atoms with van der Waals surface area (Å²) in [6.45, 7) is 3.40. The van der Waals surface area contributed by atoms with Crippen molar-refractivity contribution in [3.63, 3.8) is 0 Å². The summed E-state index contributed by atoms with van der Waals surface area (Å²) in [5.74, 6) is 1.81. The summed E-state index contributed by atoms with van der Waals surface area (Å²) in [5, 5.41) is 4.02. The van der Waals surface area contributed by atoms with Crippen LogP contribution in [0.15, 0.2) is 52.6 Å². The minimum atomic E-state index is 0.00310. The molecule has 1 atom stereocenters. The molecule has 1 aliphatic rings. The van der Waals surface area contributed by atoms with Gasteiger partial charge in [-0.2, -0.15) is 4.98 Å². The van der Waals surface area contributed by atoms with Crippen molar-refractivity contribution in [1.82, 2.24) is 15.0 Å². The molecule has 1 unspecified atom stereocenters. The lowest BCUT2D eigenvalue weighted by atomic mass is 10.0. The summed E-state index contributed by atoms with van der Waals surface area (Å²) in [7, 11) is 1.62. The Bertz CT molecular complexity index is 874. The van der Waals surface area contributed by atoms with E-state index in [9.17, 15) is 4.79 Å². The number of aromatic nitrogens is 2. The molecule has 0 saturated carbocycles. The Morgan fingerprint density at radius 3 is 2.83 bits per heavy atom. The molecule has 0 aliphatic heterocycles. The Morgan fingerprint density at radius 1 is 1.34 bits per heavy atom. The van der Waals surface area contributed by atoms with Crippen molar-refractivity contribution in [2.45, 2.75) is 38.0 Å². The molecule has 1 aliphatic carbocycles. The van der Waals surface area contributed by atoms with Crippen molar-refractivity contribution >= 4 is 17.5 Å². The van der Waals surface area contributed by atoms with E-state index in [0.717, 1.165) is 24.2 Å². The predicted octanol–water partition coefficient (Wildman–Crippen LogP) is 4.41. The number of rotatable bonds is 9. The van der Waals surface area contributed by atoms with Gasteiger partial charge in [0.05, 0.1) is 12.5 Å². The van der Waals surface area contributed by atoms with E-state index in [2.05, 4.69) is 17.1 Å². The number of aryl methyl sites for hydroxylation is 1. The number of carbonyl (C=O) groups excluding carboxylic acids is 1. The number of nitrogens with zero attached hydrogens (tertiary/aromatic N) is 3. The molecular weight excluding hydrogens is 390 g/mol. The lowest BCUT2D eigenvalue weighted by molar-refractivity contribution is -0.130. The molecule has 29 heavy (non-hydrogen) atoms. The van der Waals surface area contributed by atoms with Crippen molar-refractivity contribution in [3.05, 3.63) is 54.0 Å². The van der Waals surface area contributed by atoms with E-state index in [1.54, 1.807) is 7.11 Å². The summed E-state index contributed by atoms with van der Waals surface area (Å²) >= 11 is 6.20. The first-order valence-electron chi connectivity index (χ1n) is 9.84. The number of hydrogen-bond donors (Lipinski definition) is 0. The van der Waals surface area contributed by atoms with Crippen LogP contribution in [0.4, 0.5) is 0 Å². The number of amides is 1. The smallest absolute Gasteiger partial charge is 0.227 e. The monoisotopic (exact) mass is 415 g/mol. The van der Waals surface area contributed by atoms with Crippen LogP contribution in [-0.4, -0.2) is 46.5 Å². The van der Waals surface area contributed by atoms with Gasteiger partial charge >= 0.3 is 0 Å². The summed E-state index contributed by atoms with van der Waals surface area (Å²) in [6, 6.07) is 7.44. The van der Waals surface area contributed by atoms with Gasteiger partial charge in [-0.3, -0.25) is 4.79 Å². The van der Waals surface area contributed by atoms with Gasteiger partial charge in [0.2, 0.25) is 17.6 Å². The van der Waals surface area contributed by atoms with E-state index in [4.69, 9.17) is 20.9 Å².